The Bertz CT molecular complexity index is 1310. The van der Waals surface area contributed by atoms with Gasteiger partial charge in [-0.1, -0.05) is 6.07 Å². The summed E-state index contributed by atoms with van der Waals surface area (Å²) in [6, 6.07) is 7.05. The predicted molar refractivity (Wildman–Crippen MR) is 112 cm³/mol. The molecule has 1 aromatic carbocycles. The first-order valence-corrected chi connectivity index (χ1v) is 9.85. The van der Waals surface area contributed by atoms with Crippen LogP contribution in [0.15, 0.2) is 43.1 Å². The number of anilines is 2. The topological polar surface area (TPSA) is 132 Å². The predicted octanol–water partition coefficient (Wildman–Crippen LogP) is 2.97. The van der Waals surface area contributed by atoms with Crippen molar-refractivity contribution < 1.29 is 17.9 Å². The lowest BCUT2D eigenvalue weighted by Crippen LogP contribution is -2.20. The Morgan fingerprint density at radius 3 is 2.62 bits per heavy atom. The van der Waals surface area contributed by atoms with Gasteiger partial charge < -0.3 is 10.1 Å². The number of nitrogens with one attached hydrogen (secondary N) is 1. The summed E-state index contributed by atoms with van der Waals surface area (Å²) in [5.41, 5.74) is 0.256. The molecule has 0 unspecified atom stereocenters. The van der Waals surface area contributed by atoms with Crippen LogP contribution in [0.4, 0.5) is 24.8 Å². The Labute approximate surface area is 190 Å². The Morgan fingerprint density at radius 1 is 1.21 bits per heavy atom. The third-order valence-electron chi connectivity index (χ3n) is 4.59. The van der Waals surface area contributed by atoms with Crippen molar-refractivity contribution in [2.75, 3.05) is 5.32 Å². The van der Waals surface area contributed by atoms with Gasteiger partial charge in [0, 0.05) is 31.2 Å². The fourth-order valence-electron chi connectivity index (χ4n) is 3.12. The highest BCUT2D eigenvalue weighted by molar-refractivity contribution is 5.67. The molecule has 0 radical (unpaired) electrons. The van der Waals surface area contributed by atoms with E-state index in [0.29, 0.717) is 29.0 Å². The van der Waals surface area contributed by atoms with E-state index in [4.69, 9.17) is 4.74 Å². The number of aromatic nitrogens is 8. The number of nitrogens with zero attached hydrogens (tertiary/aromatic N) is 9. The maximum Gasteiger partial charge on any atom is 0.437 e. The van der Waals surface area contributed by atoms with Crippen molar-refractivity contribution in [2.24, 2.45) is 7.05 Å². The van der Waals surface area contributed by atoms with Gasteiger partial charge in [-0.05, 0) is 35.0 Å². The zero-order valence-corrected chi connectivity index (χ0v) is 17.9. The van der Waals surface area contributed by atoms with Crippen LogP contribution in [0.5, 0.6) is 5.75 Å². The molecule has 14 heteroatoms. The van der Waals surface area contributed by atoms with Crippen LogP contribution >= 0.6 is 0 Å². The van der Waals surface area contributed by atoms with E-state index in [1.54, 1.807) is 18.2 Å². The van der Waals surface area contributed by atoms with Crippen molar-refractivity contribution in [3.63, 3.8) is 0 Å². The highest BCUT2D eigenvalue weighted by Gasteiger charge is 2.37. The number of tetrazole rings is 1. The molecule has 4 rings (SSSR count). The van der Waals surface area contributed by atoms with E-state index in [1.165, 1.54) is 36.6 Å². The quantitative estimate of drug-likeness (QED) is 0.433. The van der Waals surface area contributed by atoms with Crippen LogP contribution in [0.1, 0.15) is 18.2 Å². The van der Waals surface area contributed by atoms with Crippen molar-refractivity contribution in [3.8, 4) is 22.9 Å². The SMILES string of the molecule is C[C@@H](Cn1cnnn1)Oc1cc(-c2cnc(Nc3cn(C)nc3C(F)(F)F)nc2)ccc1C#N. The van der Waals surface area contributed by atoms with E-state index in [-0.39, 0.29) is 17.7 Å². The number of aryl methyl sites for hydroxylation is 1. The summed E-state index contributed by atoms with van der Waals surface area (Å²) in [5.74, 6) is 0.329. The zero-order valence-electron chi connectivity index (χ0n) is 17.9. The first-order chi connectivity index (χ1) is 16.2. The van der Waals surface area contributed by atoms with Gasteiger partial charge in [0.05, 0.1) is 17.8 Å². The smallest absolute Gasteiger partial charge is 0.437 e. The lowest BCUT2D eigenvalue weighted by Gasteiger charge is -2.16. The van der Waals surface area contributed by atoms with Crippen molar-refractivity contribution in [3.05, 3.63) is 54.4 Å². The Balaban J connectivity index is 1.53. The number of hydrogen-bond acceptors (Lipinski definition) is 9. The summed E-state index contributed by atoms with van der Waals surface area (Å²) in [4.78, 5) is 8.22. The lowest BCUT2D eigenvalue weighted by molar-refractivity contribution is -0.140. The fraction of sp³-hybridized carbons (Fsp3) is 0.250. The number of benzene rings is 1. The summed E-state index contributed by atoms with van der Waals surface area (Å²) >= 11 is 0. The molecular formula is C20H17F3N10O. The molecule has 3 heterocycles. The standard InChI is InChI=1S/C20H17F3N10O/c1-12(9-33-11-27-30-31-33)34-17-5-13(3-4-14(17)6-24)15-7-25-19(26-8-15)28-16-10-32(2)29-18(16)20(21,22)23/h3-5,7-8,10-12H,9H2,1-2H3,(H,25,26,28)/t12-/m0/s1. The molecule has 0 saturated heterocycles. The monoisotopic (exact) mass is 470 g/mol. The van der Waals surface area contributed by atoms with Crippen LogP contribution in [0.2, 0.25) is 0 Å². The largest absolute Gasteiger partial charge is 0.487 e. The van der Waals surface area contributed by atoms with Crippen molar-refractivity contribution >= 4 is 11.6 Å². The first kappa shape index (κ1) is 22.6. The maximum atomic E-state index is 13.1. The van der Waals surface area contributed by atoms with Gasteiger partial charge in [-0.25, -0.2) is 14.6 Å². The van der Waals surface area contributed by atoms with Crippen molar-refractivity contribution in [2.45, 2.75) is 25.7 Å². The zero-order chi connectivity index (χ0) is 24.3. The Kier molecular flexibility index (Phi) is 6.09. The molecule has 3 aromatic heterocycles. The average Bonchev–Trinajstić information content (AvgIpc) is 3.43. The number of hydrogen-bond donors (Lipinski definition) is 1. The van der Waals surface area contributed by atoms with Gasteiger partial charge in [0.1, 0.15) is 24.3 Å². The molecule has 0 fully saturated rings. The minimum absolute atomic E-state index is 0.0255. The average molecular weight is 470 g/mol. The number of halogens is 3. The van der Waals surface area contributed by atoms with E-state index < -0.39 is 11.9 Å². The van der Waals surface area contributed by atoms with Crippen LogP contribution < -0.4 is 10.1 Å². The Hall–Kier alpha value is -4.54. The summed E-state index contributed by atoms with van der Waals surface area (Å²) in [5, 5.41) is 26.3. The minimum atomic E-state index is -4.62. The molecule has 0 amide bonds. The van der Waals surface area contributed by atoms with Gasteiger partial charge in [0.15, 0.2) is 5.69 Å². The van der Waals surface area contributed by atoms with Crippen LogP contribution in [0.3, 0.4) is 0 Å². The maximum absolute atomic E-state index is 13.1. The molecule has 4 aromatic rings. The molecule has 11 nitrogen and oxygen atoms in total. The van der Waals surface area contributed by atoms with Gasteiger partial charge in [0.2, 0.25) is 5.95 Å². The molecule has 0 spiro atoms. The summed E-state index contributed by atoms with van der Waals surface area (Å²) < 4.78 is 47.9. The van der Waals surface area contributed by atoms with E-state index in [1.807, 2.05) is 6.92 Å². The molecule has 1 atom stereocenters. The summed E-state index contributed by atoms with van der Waals surface area (Å²) in [6.07, 6.45) is 0.599. The number of alkyl halides is 3. The first-order valence-electron chi connectivity index (χ1n) is 9.85. The second-order valence-corrected chi connectivity index (χ2v) is 7.27. The number of nitriles is 1. The molecular weight excluding hydrogens is 453 g/mol. The van der Waals surface area contributed by atoms with Crippen molar-refractivity contribution in [1.29, 1.82) is 5.26 Å². The van der Waals surface area contributed by atoms with Crippen molar-refractivity contribution in [1.82, 2.24) is 40.0 Å². The molecule has 1 N–H and O–H groups in total. The van der Waals surface area contributed by atoms with E-state index >= 15 is 0 Å². The van der Waals surface area contributed by atoms with Crippen LogP contribution in [-0.2, 0) is 19.8 Å². The second-order valence-electron chi connectivity index (χ2n) is 7.27. The summed E-state index contributed by atoms with van der Waals surface area (Å²) in [6.45, 7) is 2.19. The third kappa shape index (κ3) is 5.09. The fourth-order valence-corrected chi connectivity index (χ4v) is 3.12. The third-order valence-corrected chi connectivity index (χ3v) is 4.59. The molecule has 0 aliphatic heterocycles. The van der Waals surface area contributed by atoms with Gasteiger partial charge in [-0.15, -0.1) is 5.10 Å². The number of ether oxygens (including phenoxy) is 1. The molecule has 0 aliphatic rings. The molecule has 0 aliphatic carbocycles. The highest BCUT2D eigenvalue weighted by atomic mass is 19.4. The van der Waals surface area contributed by atoms with E-state index in [9.17, 15) is 18.4 Å². The van der Waals surface area contributed by atoms with Gasteiger partial charge >= 0.3 is 6.18 Å². The van der Waals surface area contributed by atoms with E-state index in [2.05, 4.69) is 42.0 Å². The summed E-state index contributed by atoms with van der Waals surface area (Å²) in [7, 11) is 1.39. The van der Waals surface area contributed by atoms with Crippen LogP contribution in [0.25, 0.3) is 11.1 Å². The van der Waals surface area contributed by atoms with Gasteiger partial charge in [-0.3, -0.25) is 4.68 Å². The van der Waals surface area contributed by atoms with Crippen LogP contribution in [-0.4, -0.2) is 46.1 Å². The normalized spacial score (nSPS) is 12.2. The van der Waals surface area contributed by atoms with Crippen LogP contribution in [0, 0.1) is 11.3 Å². The highest BCUT2D eigenvalue weighted by Crippen LogP contribution is 2.34. The Morgan fingerprint density at radius 2 is 1.97 bits per heavy atom. The van der Waals surface area contributed by atoms with Gasteiger partial charge in [-0.2, -0.15) is 23.5 Å². The molecule has 0 bridgehead atoms. The lowest BCUT2D eigenvalue weighted by atomic mass is 10.1. The number of rotatable bonds is 7. The molecule has 174 valence electrons. The van der Waals surface area contributed by atoms with E-state index in [0.717, 1.165) is 4.68 Å². The van der Waals surface area contributed by atoms with Gasteiger partial charge in [0.25, 0.3) is 0 Å². The second kappa shape index (κ2) is 9.14. The molecule has 0 saturated carbocycles. The minimum Gasteiger partial charge on any atom is -0.487 e. The molecule has 34 heavy (non-hydrogen) atoms.